The van der Waals surface area contributed by atoms with Crippen LogP contribution < -0.4 is 5.32 Å². The first kappa shape index (κ1) is 12.3. The van der Waals surface area contributed by atoms with Gasteiger partial charge in [0.2, 0.25) is 0 Å². The fraction of sp³-hybridized carbons (Fsp3) is 0.500. The van der Waals surface area contributed by atoms with Gasteiger partial charge in [-0.05, 0) is 25.9 Å². The Hall–Kier alpha value is -1.75. The maximum Gasteiger partial charge on any atom is 0.156 e. The Morgan fingerprint density at radius 3 is 2.95 bits per heavy atom. The number of hydrogen-bond acceptors (Lipinski definition) is 4. The van der Waals surface area contributed by atoms with E-state index < -0.39 is 0 Å². The van der Waals surface area contributed by atoms with Crippen molar-refractivity contribution in [1.82, 2.24) is 24.8 Å². The van der Waals surface area contributed by atoms with Gasteiger partial charge in [0.1, 0.15) is 5.82 Å². The summed E-state index contributed by atoms with van der Waals surface area (Å²) in [5.74, 6) is 2.43. The molecule has 0 bridgehead atoms. The minimum absolute atomic E-state index is 0.530. The first-order chi connectivity index (χ1) is 9.38. The van der Waals surface area contributed by atoms with E-state index in [-0.39, 0.29) is 0 Å². The van der Waals surface area contributed by atoms with Gasteiger partial charge >= 0.3 is 0 Å². The molecule has 1 saturated heterocycles. The molecule has 2 aromatic heterocycles. The van der Waals surface area contributed by atoms with Crippen LogP contribution in [-0.2, 0) is 6.42 Å². The van der Waals surface area contributed by atoms with Crippen LogP contribution in [0.15, 0.2) is 24.8 Å². The number of aryl methyl sites for hydroxylation is 1. The zero-order valence-corrected chi connectivity index (χ0v) is 11.2. The number of nitrogens with one attached hydrogen (secondary N) is 1. The standard InChI is InChI=1S/C14H19N5/c1-2-13-17-7-8-19(13)14-10-16-9-12(18-14)11-3-5-15-6-4-11/h7-11,15H,2-6H2,1H3. The molecule has 0 unspecified atom stereocenters. The van der Waals surface area contributed by atoms with Crippen molar-refractivity contribution >= 4 is 0 Å². The Labute approximate surface area is 113 Å². The van der Waals surface area contributed by atoms with Crippen molar-refractivity contribution in [3.8, 4) is 5.82 Å². The first-order valence-electron chi connectivity index (χ1n) is 6.93. The minimum Gasteiger partial charge on any atom is -0.317 e. The molecule has 19 heavy (non-hydrogen) atoms. The second kappa shape index (κ2) is 5.48. The molecule has 5 nitrogen and oxygen atoms in total. The third-order valence-electron chi connectivity index (χ3n) is 3.68. The molecule has 0 saturated carbocycles. The van der Waals surface area contributed by atoms with Gasteiger partial charge in [0.25, 0.3) is 0 Å². The predicted octanol–water partition coefficient (Wildman–Crippen LogP) is 1.69. The summed E-state index contributed by atoms with van der Waals surface area (Å²) in [7, 11) is 0. The molecule has 0 spiro atoms. The van der Waals surface area contributed by atoms with E-state index in [4.69, 9.17) is 4.98 Å². The molecule has 0 aromatic carbocycles. The van der Waals surface area contributed by atoms with Crippen molar-refractivity contribution in [2.45, 2.75) is 32.1 Å². The highest BCUT2D eigenvalue weighted by atomic mass is 15.1. The van der Waals surface area contributed by atoms with Crippen molar-refractivity contribution in [3.63, 3.8) is 0 Å². The average Bonchev–Trinajstić information content (AvgIpc) is 2.97. The molecule has 0 amide bonds. The van der Waals surface area contributed by atoms with E-state index in [1.165, 1.54) is 0 Å². The summed E-state index contributed by atoms with van der Waals surface area (Å²) in [4.78, 5) is 13.5. The van der Waals surface area contributed by atoms with E-state index in [1.54, 1.807) is 0 Å². The number of aromatic nitrogens is 4. The zero-order valence-electron chi connectivity index (χ0n) is 11.2. The molecule has 1 aliphatic rings. The number of nitrogens with zero attached hydrogens (tertiary/aromatic N) is 4. The lowest BCUT2D eigenvalue weighted by Crippen LogP contribution is -2.27. The van der Waals surface area contributed by atoms with Crippen molar-refractivity contribution in [2.24, 2.45) is 0 Å². The summed E-state index contributed by atoms with van der Waals surface area (Å²) >= 11 is 0. The normalized spacial score (nSPS) is 16.7. The zero-order chi connectivity index (χ0) is 13.1. The highest BCUT2D eigenvalue weighted by Gasteiger charge is 2.17. The van der Waals surface area contributed by atoms with Crippen molar-refractivity contribution < 1.29 is 0 Å². The number of hydrogen-bond donors (Lipinski definition) is 1. The monoisotopic (exact) mass is 257 g/mol. The third-order valence-corrected chi connectivity index (χ3v) is 3.68. The summed E-state index contributed by atoms with van der Waals surface area (Å²) < 4.78 is 2.03. The summed E-state index contributed by atoms with van der Waals surface area (Å²) in [6, 6.07) is 0. The van der Waals surface area contributed by atoms with E-state index in [9.17, 15) is 0 Å². The topological polar surface area (TPSA) is 55.6 Å². The second-order valence-electron chi connectivity index (χ2n) is 4.89. The molecule has 0 atom stereocenters. The maximum atomic E-state index is 4.78. The number of piperidine rings is 1. The van der Waals surface area contributed by atoms with Crippen molar-refractivity contribution in [3.05, 3.63) is 36.3 Å². The van der Waals surface area contributed by atoms with Crippen LogP contribution in [0.2, 0.25) is 0 Å². The average molecular weight is 257 g/mol. The smallest absolute Gasteiger partial charge is 0.156 e. The van der Waals surface area contributed by atoms with E-state index in [1.807, 2.05) is 29.4 Å². The molecule has 3 rings (SSSR count). The predicted molar refractivity (Wildman–Crippen MR) is 73.4 cm³/mol. The van der Waals surface area contributed by atoms with Gasteiger partial charge in [-0.15, -0.1) is 0 Å². The highest BCUT2D eigenvalue weighted by Crippen LogP contribution is 2.23. The van der Waals surface area contributed by atoms with Gasteiger partial charge < -0.3 is 5.32 Å². The quantitative estimate of drug-likeness (QED) is 0.909. The van der Waals surface area contributed by atoms with Crippen LogP contribution in [-0.4, -0.2) is 32.6 Å². The maximum absolute atomic E-state index is 4.78. The van der Waals surface area contributed by atoms with E-state index in [2.05, 4.69) is 22.2 Å². The Kier molecular flexibility index (Phi) is 3.55. The SMILES string of the molecule is CCc1nccn1-c1cncc(C2CCNCC2)n1. The van der Waals surface area contributed by atoms with E-state index in [0.29, 0.717) is 5.92 Å². The second-order valence-corrected chi connectivity index (χ2v) is 4.89. The Balaban J connectivity index is 1.91. The summed E-state index contributed by atoms with van der Waals surface area (Å²) in [5, 5.41) is 3.38. The third kappa shape index (κ3) is 2.51. The molecule has 0 aliphatic carbocycles. The molecular formula is C14H19N5. The van der Waals surface area contributed by atoms with Crippen LogP contribution in [0, 0.1) is 0 Å². The molecule has 2 aromatic rings. The molecule has 100 valence electrons. The van der Waals surface area contributed by atoms with Crippen LogP contribution in [0.25, 0.3) is 5.82 Å². The number of imidazole rings is 1. The molecule has 0 radical (unpaired) electrons. The lowest BCUT2D eigenvalue weighted by molar-refractivity contribution is 0.452. The Bertz CT molecular complexity index is 542. The molecule has 5 heteroatoms. The fourth-order valence-electron chi connectivity index (χ4n) is 2.61. The lowest BCUT2D eigenvalue weighted by Gasteiger charge is -2.22. The fourth-order valence-corrected chi connectivity index (χ4v) is 2.61. The van der Waals surface area contributed by atoms with Crippen LogP contribution in [0.3, 0.4) is 0 Å². The number of rotatable bonds is 3. The van der Waals surface area contributed by atoms with Crippen molar-refractivity contribution in [2.75, 3.05) is 13.1 Å². The molecule has 1 N–H and O–H groups in total. The van der Waals surface area contributed by atoms with Gasteiger partial charge in [-0.1, -0.05) is 6.92 Å². The highest BCUT2D eigenvalue weighted by molar-refractivity contribution is 5.24. The van der Waals surface area contributed by atoms with E-state index in [0.717, 1.165) is 49.7 Å². The van der Waals surface area contributed by atoms with Gasteiger partial charge in [-0.3, -0.25) is 9.55 Å². The van der Waals surface area contributed by atoms with Gasteiger partial charge in [0, 0.05) is 30.9 Å². The molecular weight excluding hydrogens is 238 g/mol. The summed E-state index contributed by atoms with van der Waals surface area (Å²) in [5.41, 5.74) is 1.11. The largest absolute Gasteiger partial charge is 0.317 e. The van der Waals surface area contributed by atoms with Crippen LogP contribution in [0.1, 0.15) is 37.2 Å². The molecule has 1 aliphatic heterocycles. The van der Waals surface area contributed by atoms with E-state index >= 15 is 0 Å². The molecule has 1 fully saturated rings. The Morgan fingerprint density at radius 2 is 2.16 bits per heavy atom. The molecule has 3 heterocycles. The summed E-state index contributed by atoms with van der Waals surface area (Å²) in [6.45, 7) is 4.24. The van der Waals surface area contributed by atoms with Crippen LogP contribution >= 0.6 is 0 Å². The first-order valence-corrected chi connectivity index (χ1v) is 6.93. The Morgan fingerprint density at radius 1 is 1.32 bits per heavy atom. The van der Waals surface area contributed by atoms with Gasteiger partial charge in [-0.25, -0.2) is 9.97 Å². The van der Waals surface area contributed by atoms with Crippen molar-refractivity contribution in [1.29, 1.82) is 0 Å². The lowest BCUT2D eigenvalue weighted by atomic mass is 9.95. The van der Waals surface area contributed by atoms with Gasteiger partial charge in [-0.2, -0.15) is 0 Å². The van der Waals surface area contributed by atoms with Crippen LogP contribution in [0.4, 0.5) is 0 Å². The van der Waals surface area contributed by atoms with Gasteiger partial charge in [0.05, 0.1) is 11.9 Å². The van der Waals surface area contributed by atoms with Crippen LogP contribution in [0.5, 0.6) is 0 Å². The minimum atomic E-state index is 0.530. The van der Waals surface area contributed by atoms with Gasteiger partial charge in [0.15, 0.2) is 5.82 Å². The summed E-state index contributed by atoms with van der Waals surface area (Å²) in [6.07, 6.45) is 10.7.